The van der Waals surface area contributed by atoms with E-state index in [1.807, 2.05) is 18.2 Å². The highest BCUT2D eigenvalue weighted by Gasteiger charge is 2.26. The van der Waals surface area contributed by atoms with Crippen LogP contribution in [-0.4, -0.2) is 31.1 Å². The van der Waals surface area contributed by atoms with Crippen molar-refractivity contribution in [1.82, 2.24) is 4.90 Å². The lowest BCUT2D eigenvalue weighted by Crippen LogP contribution is -2.47. The molecule has 1 aliphatic heterocycles. The Hall–Kier alpha value is -2.25. The number of hydrogen-bond donors (Lipinski definition) is 0. The molecule has 0 bridgehead atoms. The second kappa shape index (κ2) is 5.81. The van der Waals surface area contributed by atoms with E-state index in [-0.39, 0.29) is 6.04 Å². The Balaban J connectivity index is 1.65. The van der Waals surface area contributed by atoms with Crippen LogP contribution in [0.2, 0.25) is 0 Å². The smallest absolute Gasteiger partial charge is 0.156 e. The number of hydrogen-bond acceptors (Lipinski definition) is 4. The highest BCUT2D eigenvalue weighted by molar-refractivity contribution is 5.46. The molecule has 3 rings (SSSR count). The average molecular weight is 267 g/mol. The number of para-hydroxylation sites is 1. The number of benzene rings is 1. The zero-order valence-corrected chi connectivity index (χ0v) is 11.3. The van der Waals surface area contributed by atoms with Crippen molar-refractivity contribution < 1.29 is 4.42 Å². The molecule has 1 fully saturated rings. The number of anilines is 1. The molecule has 20 heavy (non-hydrogen) atoms. The minimum atomic E-state index is -0.275. The molecular weight excluding hydrogens is 250 g/mol. The summed E-state index contributed by atoms with van der Waals surface area (Å²) in [4.78, 5) is 4.53. The largest absolute Gasteiger partial charge is 0.467 e. The van der Waals surface area contributed by atoms with Gasteiger partial charge in [-0.3, -0.25) is 4.90 Å². The molecule has 2 aromatic rings. The summed E-state index contributed by atoms with van der Waals surface area (Å²) in [6.07, 6.45) is 1.62. The van der Waals surface area contributed by atoms with Crippen molar-refractivity contribution in [3.8, 4) is 6.07 Å². The fraction of sp³-hybridized carbons (Fsp3) is 0.312. The Morgan fingerprint density at radius 1 is 1.00 bits per heavy atom. The van der Waals surface area contributed by atoms with Crippen LogP contribution in [0.1, 0.15) is 11.8 Å². The summed E-state index contributed by atoms with van der Waals surface area (Å²) >= 11 is 0. The van der Waals surface area contributed by atoms with Gasteiger partial charge >= 0.3 is 0 Å². The van der Waals surface area contributed by atoms with Gasteiger partial charge < -0.3 is 9.32 Å². The highest BCUT2D eigenvalue weighted by Crippen LogP contribution is 2.23. The Morgan fingerprint density at radius 2 is 1.75 bits per heavy atom. The second-order valence-electron chi connectivity index (χ2n) is 4.91. The molecule has 1 aromatic heterocycles. The normalized spacial score (nSPS) is 17.6. The molecule has 1 aromatic carbocycles. The first-order valence-electron chi connectivity index (χ1n) is 6.85. The average Bonchev–Trinajstić information content (AvgIpc) is 3.04. The van der Waals surface area contributed by atoms with Gasteiger partial charge in [-0.25, -0.2) is 0 Å². The van der Waals surface area contributed by atoms with E-state index >= 15 is 0 Å². The van der Waals surface area contributed by atoms with Gasteiger partial charge in [0.1, 0.15) is 5.76 Å². The summed E-state index contributed by atoms with van der Waals surface area (Å²) in [6.45, 7) is 3.60. The van der Waals surface area contributed by atoms with Crippen molar-refractivity contribution in [2.75, 3.05) is 31.1 Å². The van der Waals surface area contributed by atoms with E-state index in [0.29, 0.717) is 0 Å². The van der Waals surface area contributed by atoms with Crippen LogP contribution >= 0.6 is 0 Å². The van der Waals surface area contributed by atoms with Crippen molar-refractivity contribution in [2.45, 2.75) is 6.04 Å². The summed E-state index contributed by atoms with van der Waals surface area (Å²) in [5, 5.41) is 9.37. The summed E-state index contributed by atoms with van der Waals surface area (Å²) in [7, 11) is 0. The van der Waals surface area contributed by atoms with Gasteiger partial charge in [-0.2, -0.15) is 5.26 Å². The van der Waals surface area contributed by atoms with E-state index in [4.69, 9.17) is 4.42 Å². The molecule has 1 aliphatic rings. The van der Waals surface area contributed by atoms with Crippen LogP contribution < -0.4 is 4.90 Å². The first-order valence-corrected chi connectivity index (χ1v) is 6.85. The van der Waals surface area contributed by atoms with Gasteiger partial charge in [0.2, 0.25) is 0 Å². The van der Waals surface area contributed by atoms with Gasteiger partial charge in [0.05, 0.1) is 12.3 Å². The highest BCUT2D eigenvalue weighted by atomic mass is 16.3. The van der Waals surface area contributed by atoms with Crippen molar-refractivity contribution in [2.24, 2.45) is 0 Å². The van der Waals surface area contributed by atoms with Gasteiger partial charge in [0.15, 0.2) is 6.04 Å². The lowest BCUT2D eigenvalue weighted by molar-refractivity contribution is 0.202. The minimum Gasteiger partial charge on any atom is -0.467 e. The molecule has 1 unspecified atom stereocenters. The molecule has 1 atom stereocenters. The maximum Gasteiger partial charge on any atom is 0.156 e. The van der Waals surface area contributed by atoms with Gasteiger partial charge in [-0.15, -0.1) is 0 Å². The molecule has 0 saturated carbocycles. The number of nitrogens with zero attached hydrogens (tertiary/aromatic N) is 3. The fourth-order valence-corrected chi connectivity index (χ4v) is 2.65. The van der Waals surface area contributed by atoms with E-state index in [0.717, 1.165) is 31.9 Å². The molecule has 0 amide bonds. The molecule has 2 heterocycles. The Labute approximate surface area is 118 Å². The lowest BCUT2D eigenvalue weighted by atomic mass is 10.1. The Bertz CT molecular complexity index is 566. The number of piperazine rings is 1. The predicted molar refractivity (Wildman–Crippen MR) is 77.3 cm³/mol. The topological polar surface area (TPSA) is 43.4 Å². The molecule has 0 radical (unpaired) electrons. The van der Waals surface area contributed by atoms with E-state index in [9.17, 15) is 5.26 Å². The second-order valence-corrected chi connectivity index (χ2v) is 4.91. The molecule has 0 spiro atoms. The Kier molecular flexibility index (Phi) is 3.71. The number of rotatable bonds is 3. The van der Waals surface area contributed by atoms with E-state index in [2.05, 4.69) is 40.1 Å². The fourth-order valence-electron chi connectivity index (χ4n) is 2.65. The van der Waals surface area contributed by atoms with Crippen molar-refractivity contribution in [3.63, 3.8) is 0 Å². The first-order chi connectivity index (χ1) is 9.88. The zero-order chi connectivity index (χ0) is 13.8. The van der Waals surface area contributed by atoms with E-state index in [1.54, 1.807) is 6.26 Å². The van der Waals surface area contributed by atoms with Crippen LogP contribution in [0, 0.1) is 11.3 Å². The number of nitriles is 1. The maximum atomic E-state index is 9.37. The summed E-state index contributed by atoms with van der Waals surface area (Å²) in [6, 6.07) is 16.2. The van der Waals surface area contributed by atoms with Crippen molar-refractivity contribution in [1.29, 1.82) is 5.26 Å². The molecule has 1 saturated heterocycles. The minimum absolute atomic E-state index is 0.275. The van der Waals surface area contributed by atoms with Crippen molar-refractivity contribution in [3.05, 3.63) is 54.5 Å². The monoisotopic (exact) mass is 267 g/mol. The zero-order valence-electron chi connectivity index (χ0n) is 11.3. The Morgan fingerprint density at radius 3 is 2.35 bits per heavy atom. The molecule has 0 N–H and O–H groups in total. The van der Waals surface area contributed by atoms with E-state index < -0.39 is 0 Å². The summed E-state index contributed by atoms with van der Waals surface area (Å²) < 4.78 is 5.37. The molecule has 102 valence electrons. The van der Waals surface area contributed by atoms with Crippen LogP contribution in [0.5, 0.6) is 0 Å². The third-order valence-corrected chi connectivity index (χ3v) is 3.74. The van der Waals surface area contributed by atoms with Gasteiger partial charge in [-0.1, -0.05) is 18.2 Å². The van der Waals surface area contributed by atoms with Crippen molar-refractivity contribution >= 4 is 5.69 Å². The van der Waals surface area contributed by atoms with Gasteiger partial charge in [-0.05, 0) is 24.3 Å². The van der Waals surface area contributed by atoms with Gasteiger partial charge in [0.25, 0.3) is 0 Å². The predicted octanol–water partition coefficient (Wildman–Crippen LogP) is 2.67. The van der Waals surface area contributed by atoms with Crippen LogP contribution in [0.15, 0.2) is 53.1 Å². The van der Waals surface area contributed by atoms with Crippen LogP contribution in [0.3, 0.4) is 0 Å². The standard InChI is InChI=1S/C16H17N3O/c17-13-15(16-7-4-12-20-16)19-10-8-18(9-11-19)14-5-2-1-3-6-14/h1-7,12,15H,8-11H2. The first kappa shape index (κ1) is 12.8. The SMILES string of the molecule is N#CC(c1ccco1)N1CCN(c2ccccc2)CC1. The summed E-state index contributed by atoms with van der Waals surface area (Å²) in [5.41, 5.74) is 1.25. The summed E-state index contributed by atoms with van der Waals surface area (Å²) in [5.74, 6) is 0.737. The van der Waals surface area contributed by atoms with E-state index in [1.165, 1.54) is 5.69 Å². The molecule has 4 nitrogen and oxygen atoms in total. The molecule has 0 aliphatic carbocycles. The van der Waals surface area contributed by atoms with Gasteiger partial charge in [0, 0.05) is 31.9 Å². The van der Waals surface area contributed by atoms with Crippen LogP contribution in [-0.2, 0) is 0 Å². The molecular formula is C16H17N3O. The number of furan rings is 1. The third kappa shape index (κ3) is 2.54. The van der Waals surface area contributed by atoms with Crippen LogP contribution in [0.25, 0.3) is 0 Å². The third-order valence-electron chi connectivity index (χ3n) is 3.74. The maximum absolute atomic E-state index is 9.37. The van der Waals surface area contributed by atoms with Crippen LogP contribution in [0.4, 0.5) is 5.69 Å². The quantitative estimate of drug-likeness (QED) is 0.857. The molecule has 4 heteroatoms. The lowest BCUT2D eigenvalue weighted by Gasteiger charge is -2.37.